The third-order valence-electron chi connectivity index (χ3n) is 5.48. The highest BCUT2D eigenvalue weighted by Crippen LogP contribution is 2.53. The molecule has 0 radical (unpaired) electrons. The fraction of sp³-hybridized carbons (Fsp3) is 1.00. The van der Waals surface area contributed by atoms with Gasteiger partial charge in [0.1, 0.15) is 6.23 Å². The van der Waals surface area contributed by atoms with Crippen molar-refractivity contribution in [2.24, 2.45) is 17.8 Å². The molecule has 2 N–H and O–H groups in total. The minimum absolute atomic E-state index is 0.182. The number of piperidine rings is 1. The molecule has 4 rings (SSSR count). The Kier molecular flexibility index (Phi) is 2.87. The van der Waals surface area contributed by atoms with E-state index in [1.165, 1.54) is 25.7 Å². The molecule has 4 atom stereocenters. The minimum Gasteiger partial charge on any atom is -0.381 e. The van der Waals surface area contributed by atoms with Crippen molar-refractivity contribution in [2.75, 3.05) is 32.8 Å². The summed E-state index contributed by atoms with van der Waals surface area (Å²) in [5.74, 6) is 2.57. The second kappa shape index (κ2) is 4.44. The normalized spacial score (nSPS) is 46.0. The molecule has 1 aliphatic carbocycles. The van der Waals surface area contributed by atoms with Crippen LogP contribution in [0.1, 0.15) is 25.7 Å². The molecule has 1 saturated carbocycles. The summed E-state index contributed by atoms with van der Waals surface area (Å²) in [6.45, 7) is 5.36. The average Bonchev–Trinajstić information content (AvgIpc) is 2.84. The Balaban J connectivity index is 1.35. The third kappa shape index (κ3) is 1.99. The zero-order chi connectivity index (χ0) is 12.0. The molecule has 18 heavy (non-hydrogen) atoms. The molecule has 102 valence electrons. The van der Waals surface area contributed by atoms with Gasteiger partial charge in [0.2, 0.25) is 0 Å². The van der Waals surface area contributed by atoms with Crippen LogP contribution < -0.4 is 10.6 Å². The van der Waals surface area contributed by atoms with Crippen molar-refractivity contribution in [1.29, 1.82) is 0 Å². The van der Waals surface area contributed by atoms with Gasteiger partial charge in [-0.25, -0.2) is 0 Å². The maximum absolute atomic E-state index is 6.44. The van der Waals surface area contributed by atoms with Gasteiger partial charge in [-0.1, -0.05) is 0 Å². The predicted molar refractivity (Wildman–Crippen MR) is 68.2 cm³/mol. The van der Waals surface area contributed by atoms with Gasteiger partial charge in [0.25, 0.3) is 0 Å². The van der Waals surface area contributed by atoms with E-state index >= 15 is 0 Å². The Morgan fingerprint density at radius 2 is 1.72 bits per heavy atom. The predicted octanol–water partition coefficient (Wildman–Crippen LogP) is 0.727. The van der Waals surface area contributed by atoms with Crippen molar-refractivity contribution in [2.45, 2.75) is 37.5 Å². The molecule has 3 saturated heterocycles. The molecule has 0 bridgehead atoms. The summed E-state index contributed by atoms with van der Waals surface area (Å²) in [4.78, 5) is 0. The van der Waals surface area contributed by atoms with Gasteiger partial charge in [-0.3, -0.25) is 5.32 Å². The van der Waals surface area contributed by atoms with Crippen molar-refractivity contribution in [1.82, 2.24) is 10.6 Å². The van der Waals surface area contributed by atoms with Crippen LogP contribution in [0.2, 0.25) is 0 Å². The summed E-state index contributed by atoms with van der Waals surface area (Å²) < 4.78 is 11.9. The van der Waals surface area contributed by atoms with Crippen molar-refractivity contribution in [3.63, 3.8) is 0 Å². The van der Waals surface area contributed by atoms with Crippen LogP contribution >= 0.6 is 0 Å². The van der Waals surface area contributed by atoms with E-state index in [-0.39, 0.29) is 5.60 Å². The van der Waals surface area contributed by atoms with Gasteiger partial charge in [0, 0.05) is 6.54 Å². The summed E-state index contributed by atoms with van der Waals surface area (Å²) in [6.07, 6.45) is 5.06. The number of hydrogen-bond acceptors (Lipinski definition) is 4. The second-order valence-electron chi connectivity index (χ2n) is 6.51. The van der Waals surface area contributed by atoms with Crippen LogP contribution in [-0.2, 0) is 9.47 Å². The highest BCUT2D eigenvalue weighted by molar-refractivity contribution is 5.02. The molecule has 4 nitrogen and oxygen atoms in total. The van der Waals surface area contributed by atoms with E-state index in [2.05, 4.69) is 10.6 Å². The van der Waals surface area contributed by atoms with Gasteiger partial charge in [0.15, 0.2) is 0 Å². The first kappa shape index (κ1) is 11.6. The van der Waals surface area contributed by atoms with Crippen LogP contribution in [0.4, 0.5) is 0 Å². The molecular weight excluding hydrogens is 228 g/mol. The fourth-order valence-corrected chi connectivity index (χ4v) is 4.20. The van der Waals surface area contributed by atoms with Crippen LogP contribution in [0.25, 0.3) is 0 Å². The Morgan fingerprint density at radius 3 is 2.50 bits per heavy atom. The van der Waals surface area contributed by atoms with Gasteiger partial charge in [-0.05, 0) is 56.5 Å². The molecule has 3 aliphatic heterocycles. The quantitative estimate of drug-likeness (QED) is 0.760. The molecule has 3 heterocycles. The highest BCUT2D eigenvalue weighted by atomic mass is 16.5. The van der Waals surface area contributed by atoms with Crippen molar-refractivity contribution in [3.8, 4) is 0 Å². The van der Waals surface area contributed by atoms with E-state index in [0.717, 1.165) is 50.6 Å². The lowest BCUT2D eigenvalue weighted by Crippen LogP contribution is -2.54. The molecule has 0 aromatic heterocycles. The zero-order valence-corrected chi connectivity index (χ0v) is 11.0. The van der Waals surface area contributed by atoms with E-state index in [9.17, 15) is 0 Å². The van der Waals surface area contributed by atoms with E-state index in [1.54, 1.807) is 0 Å². The number of ether oxygens (including phenoxy) is 2. The van der Waals surface area contributed by atoms with E-state index in [4.69, 9.17) is 9.47 Å². The number of nitrogens with one attached hydrogen (secondary N) is 2. The Hall–Kier alpha value is -0.160. The molecule has 4 fully saturated rings. The molecule has 4 aliphatic rings. The van der Waals surface area contributed by atoms with E-state index < -0.39 is 0 Å². The monoisotopic (exact) mass is 252 g/mol. The molecule has 0 aromatic carbocycles. The second-order valence-corrected chi connectivity index (χ2v) is 6.51. The first-order valence-corrected chi connectivity index (χ1v) is 7.56. The first-order chi connectivity index (χ1) is 8.86. The summed E-state index contributed by atoms with van der Waals surface area (Å²) in [5, 5.41) is 7.01. The Bertz CT molecular complexity index is 301. The molecule has 0 aromatic rings. The lowest BCUT2D eigenvalue weighted by Gasteiger charge is -2.44. The molecular formula is C14H24N2O2. The number of hydrogen-bond donors (Lipinski definition) is 2. The largest absolute Gasteiger partial charge is 0.381 e. The van der Waals surface area contributed by atoms with E-state index in [0.29, 0.717) is 6.23 Å². The average molecular weight is 252 g/mol. The van der Waals surface area contributed by atoms with Gasteiger partial charge in [-0.2, -0.15) is 0 Å². The first-order valence-electron chi connectivity index (χ1n) is 7.56. The number of fused-ring (bicyclic) bond motifs is 1. The Labute approximate surface area is 109 Å². The fourth-order valence-electron chi connectivity index (χ4n) is 4.20. The standard InChI is InChI=1S/C14H24N2O2/c1-4-15-5-2-14(1)3-6-16-13(18-14)7-10-11-8-17-9-12(10)11/h10-13,15-16H,1-9H2/t10?,11-,12+,13?. The maximum Gasteiger partial charge on any atom is 0.109 e. The molecule has 1 spiro atoms. The van der Waals surface area contributed by atoms with Crippen LogP contribution in [0, 0.1) is 17.8 Å². The van der Waals surface area contributed by atoms with Crippen LogP contribution in [-0.4, -0.2) is 44.7 Å². The van der Waals surface area contributed by atoms with Crippen molar-refractivity contribution >= 4 is 0 Å². The molecule has 0 amide bonds. The van der Waals surface area contributed by atoms with E-state index in [1.807, 2.05) is 0 Å². The molecule has 4 heteroatoms. The summed E-state index contributed by atoms with van der Waals surface area (Å²) in [5.41, 5.74) is 0.182. The number of rotatable bonds is 2. The van der Waals surface area contributed by atoms with Crippen molar-refractivity contribution < 1.29 is 9.47 Å². The maximum atomic E-state index is 6.44. The topological polar surface area (TPSA) is 42.5 Å². The van der Waals surface area contributed by atoms with Crippen LogP contribution in [0.5, 0.6) is 0 Å². The van der Waals surface area contributed by atoms with Crippen LogP contribution in [0.3, 0.4) is 0 Å². The molecule has 2 unspecified atom stereocenters. The zero-order valence-electron chi connectivity index (χ0n) is 11.0. The summed E-state index contributed by atoms with van der Waals surface area (Å²) in [7, 11) is 0. The smallest absolute Gasteiger partial charge is 0.109 e. The lowest BCUT2D eigenvalue weighted by molar-refractivity contribution is -0.154. The SMILES string of the molecule is C1CC2(CCN1)CCNC(CC1[C@H]3COC[C@@H]13)O2. The van der Waals surface area contributed by atoms with Crippen LogP contribution in [0.15, 0.2) is 0 Å². The van der Waals surface area contributed by atoms with Gasteiger partial charge < -0.3 is 14.8 Å². The Morgan fingerprint density at radius 1 is 1.00 bits per heavy atom. The van der Waals surface area contributed by atoms with Gasteiger partial charge in [0.05, 0.1) is 18.8 Å². The summed E-state index contributed by atoms with van der Waals surface area (Å²) >= 11 is 0. The third-order valence-corrected chi connectivity index (χ3v) is 5.48. The van der Waals surface area contributed by atoms with Crippen molar-refractivity contribution in [3.05, 3.63) is 0 Å². The summed E-state index contributed by atoms with van der Waals surface area (Å²) in [6, 6.07) is 0. The van der Waals surface area contributed by atoms with Gasteiger partial charge in [-0.15, -0.1) is 0 Å². The lowest BCUT2D eigenvalue weighted by atomic mass is 9.87. The van der Waals surface area contributed by atoms with Gasteiger partial charge >= 0.3 is 0 Å². The minimum atomic E-state index is 0.182. The highest BCUT2D eigenvalue weighted by Gasteiger charge is 2.54.